The van der Waals surface area contributed by atoms with Crippen LogP contribution in [0.2, 0.25) is 0 Å². The zero-order valence-electron chi connectivity index (χ0n) is 22.4. The van der Waals surface area contributed by atoms with E-state index in [0.29, 0.717) is 41.9 Å². The monoisotopic (exact) mass is 503 g/mol. The van der Waals surface area contributed by atoms with E-state index >= 15 is 0 Å². The summed E-state index contributed by atoms with van der Waals surface area (Å²) >= 11 is 0. The average Bonchev–Trinajstić information content (AvgIpc) is 2.85. The third-order valence-electron chi connectivity index (χ3n) is 7.13. The minimum atomic E-state index is -0.607. The number of carbonyl (C=O) groups is 2. The minimum Gasteiger partial charge on any atom is -0.508 e. The van der Waals surface area contributed by atoms with E-state index in [2.05, 4.69) is 26.1 Å². The molecular formula is C31H37NO5. The van der Waals surface area contributed by atoms with Gasteiger partial charge in [0.15, 0.2) is 5.78 Å². The number of dihydropyridines is 1. The molecule has 0 saturated heterocycles. The van der Waals surface area contributed by atoms with Crippen molar-refractivity contribution in [3.05, 3.63) is 82.2 Å². The first-order valence-electron chi connectivity index (χ1n) is 12.9. The van der Waals surface area contributed by atoms with Crippen molar-refractivity contribution >= 4 is 11.8 Å². The molecule has 0 amide bonds. The second-order valence-corrected chi connectivity index (χ2v) is 11.2. The molecule has 2 N–H and O–H groups in total. The molecule has 6 nitrogen and oxygen atoms in total. The number of allylic oxidation sites excluding steroid dienone is 3. The lowest BCUT2D eigenvalue weighted by Crippen LogP contribution is -2.36. The highest BCUT2D eigenvalue weighted by Crippen LogP contribution is 2.47. The lowest BCUT2D eigenvalue weighted by atomic mass is 9.71. The molecule has 2 unspecified atom stereocenters. The van der Waals surface area contributed by atoms with Crippen LogP contribution in [0.4, 0.5) is 0 Å². The number of benzene rings is 2. The van der Waals surface area contributed by atoms with Gasteiger partial charge in [0.25, 0.3) is 0 Å². The molecule has 37 heavy (non-hydrogen) atoms. The Bertz CT molecular complexity index is 1250. The number of carbonyl (C=O) groups excluding carboxylic acids is 2. The maximum Gasteiger partial charge on any atom is 0.336 e. The minimum absolute atomic E-state index is 0.0245. The highest BCUT2D eigenvalue weighted by atomic mass is 16.5. The average molecular weight is 504 g/mol. The third-order valence-corrected chi connectivity index (χ3v) is 7.13. The number of Topliss-reactive ketones (excluding diaryl/α,β-unsaturated/α-hetero) is 1. The number of phenols is 1. The smallest absolute Gasteiger partial charge is 0.336 e. The lowest BCUT2D eigenvalue weighted by Gasteiger charge is -2.37. The predicted octanol–water partition coefficient (Wildman–Crippen LogP) is 6.13. The van der Waals surface area contributed by atoms with E-state index in [1.165, 1.54) is 0 Å². The van der Waals surface area contributed by atoms with Gasteiger partial charge in [-0.05, 0) is 60.9 Å². The fraction of sp³-hybridized carbons (Fsp3) is 0.419. The van der Waals surface area contributed by atoms with E-state index in [1.807, 2.05) is 37.3 Å². The number of methoxy groups -OCH3 is 1. The van der Waals surface area contributed by atoms with Gasteiger partial charge in [0.1, 0.15) is 11.5 Å². The molecule has 2 aromatic rings. The normalized spacial score (nSPS) is 19.9. The maximum absolute atomic E-state index is 13.8. The first kappa shape index (κ1) is 26.5. The summed E-state index contributed by atoms with van der Waals surface area (Å²) in [6.07, 6.45) is 2.62. The van der Waals surface area contributed by atoms with E-state index in [0.717, 1.165) is 29.9 Å². The molecular weight excluding hydrogens is 466 g/mol. The largest absolute Gasteiger partial charge is 0.508 e. The fourth-order valence-corrected chi connectivity index (χ4v) is 5.42. The van der Waals surface area contributed by atoms with Gasteiger partial charge in [0.05, 0.1) is 19.3 Å². The molecule has 196 valence electrons. The van der Waals surface area contributed by atoms with Gasteiger partial charge < -0.3 is 19.9 Å². The van der Waals surface area contributed by atoms with Crippen molar-refractivity contribution in [1.29, 1.82) is 0 Å². The molecule has 0 aromatic heterocycles. The Labute approximate surface area is 219 Å². The number of esters is 1. The first-order chi connectivity index (χ1) is 17.6. The SMILES string of the molecule is COc1ccccc1C1CC(=O)C2=C(C1)NC(C)=C(C(=O)OCCCC(C)(C)C)C2c1cccc(O)c1. The zero-order valence-corrected chi connectivity index (χ0v) is 22.4. The third kappa shape index (κ3) is 5.90. The van der Waals surface area contributed by atoms with E-state index in [-0.39, 0.29) is 22.9 Å². The van der Waals surface area contributed by atoms with E-state index in [9.17, 15) is 14.7 Å². The Morgan fingerprint density at radius 1 is 1.11 bits per heavy atom. The van der Waals surface area contributed by atoms with Crippen LogP contribution in [0.1, 0.15) is 76.3 Å². The van der Waals surface area contributed by atoms with Gasteiger partial charge in [-0.3, -0.25) is 4.79 Å². The quantitative estimate of drug-likeness (QED) is 0.349. The summed E-state index contributed by atoms with van der Waals surface area (Å²) in [4.78, 5) is 27.2. The standard InChI is InChI=1S/C31H37NO5/c1-19-27(30(35)37-15-9-14-31(2,3)4)28(20-10-8-11-22(33)16-20)29-24(32-19)17-21(18-25(29)34)23-12-6-7-13-26(23)36-5/h6-8,10-13,16,21,28,32-33H,9,14-15,17-18H2,1-5H3. The van der Waals surface area contributed by atoms with Gasteiger partial charge in [-0.1, -0.05) is 51.1 Å². The second-order valence-electron chi connectivity index (χ2n) is 11.2. The zero-order chi connectivity index (χ0) is 26.7. The number of ether oxygens (including phenoxy) is 2. The van der Waals surface area contributed by atoms with Crippen LogP contribution in [0.25, 0.3) is 0 Å². The van der Waals surface area contributed by atoms with E-state index in [4.69, 9.17) is 9.47 Å². The Morgan fingerprint density at radius 3 is 2.57 bits per heavy atom. The molecule has 0 bridgehead atoms. The van der Waals surface area contributed by atoms with Crippen molar-refractivity contribution < 1.29 is 24.2 Å². The summed E-state index contributed by atoms with van der Waals surface area (Å²) in [6, 6.07) is 14.6. The van der Waals surface area contributed by atoms with Gasteiger partial charge in [0.2, 0.25) is 0 Å². The number of para-hydroxylation sites is 1. The van der Waals surface area contributed by atoms with Gasteiger partial charge >= 0.3 is 5.97 Å². The Kier molecular flexibility index (Phi) is 7.76. The molecule has 1 aliphatic carbocycles. The Balaban J connectivity index is 1.68. The van der Waals surface area contributed by atoms with Crippen LogP contribution in [-0.4, -0.2) is 30.6 Å². The van der Waals surface area contributed by atoms with Crippen LogP contribution in [0, 0.1) is 5.41 Å². The van der Waals surface area contributed by atoms with Crippen LogP contribution in [-0.2, 0) is 14.3 Å². The van der Waals surface area contributed by atoms with Crippen LogP contribution in [0.5, 0.6) is 11.5 Å². The Morgan fingerprint density at radius 2 is 1.86 bits per heavy atom. The topological polar surface area (TPSA) is 84.9 Å². The van der Waals surface area contributed by atoms with Crippen molar-refractivity contribution in [3.8, 4) is 11.5 Å². The van der Waals surface area contributed by atoms with Gasteiger partial charge in [0, 0.05) is 35.2 Å². The predicted molar refractivity (Wildman–Crippen MR) is 143 cm³/mol. The molecule has 0 fully saturated rings. The number of phenolic OH excluding ortho intramolecular Hbond substituents is 1. The molecule has 2 aromatic carbocycles. The molecule has 2 aliphatic rings. The van der Waals surface area contributed by atoms with Crippen molar-refractivity contribution in [1.82, 2.24) is 5.32 Å². The number of aromatic hydroxyl groups is 1. The number of hydrogen-bond donors (Lipinski definition) is 2. The van der Waals surface area contributed by atoms with Gasteiger partial charge in [-0.2, -0.15) is 0 Å². The van der Waals surface area contributed by atoms with Crippen LogP contribution < -0.4 is 10.1 Å². The van der Waals surface area contributed by atoms with Crippen LogP contribution in [0.3, 0.4) is 0 Å². The summed E-state index contributed by atoms with van der Waals surface area (Å²) in [7, 11) is 1.64. The van der Waals surface area contributed by atoms with Crippen LogP contribution in [0.15, 0.2) is 71.1 Å². The maximum atomic E-state index is 13.8. The van der Waals surface area contributed by atoms with Crippen molar-refractivity contribution in [2.45, 2.75) is 65.2 Å². The molecule has 0 spiro atoms. The molecule has 0 radical (unpaired) electrons. The molecule has 1 aliphatic heterocycles. The first-order valence-corrected chi connectivity index (χ1v) is 12.9. The lowest BCUT2D eigenvalue weighted by molar-refractivity contribution is -0.139. The summed E-state index contributed by atoms with van der Waals surface area (Å²) in [6.45, 7) is 8.64. The van der Waals surface area contributed by atoms with Gasteiger partial charge in [-0.25, -0.2) is 4.79 Å². The van der Waals surface area contributed by atoms with Crippen LogP contribution >= 0.6 is 0 Å². The molecule has 0 saturated carbocycles. The summed E-state index contributed by atoms with van der Waals surface area (Å²) < 4.78 is 11.3. The van der Waals surface area contributed by atoms with Crippen molar-refractivity contribution in [2.75, 3.05) is 13.7 Å². The second kappa shape index (κ2) is 10.8. The highest BCUT2D eigenvalue weighted by Gasteiger charge is 2.42. The highest BCUT2D eigenvalue weighted by molar-refractivity contribution is 6.04. The number of ketones is 1. The van der Waals surface area contributed by atoms with E-state index < -0.39 is 11.9 Å². The van der Waals surface area contributed by atoms with Crippen molar-refractivity contribution in [2.24, 2.45) is 5.41 Å². The molecule has 6 heteroatoms. The van der Waals surface area contributed by atoms with Gasteiger partial charge in [-0.15, -0.1) is 0 Å². The summed E-state index contributed by atoms with van der Waals surface area (Å²) in [5, 5.41) is 13.6. The van der Waals surface area contributed by atoms with E-state index in [1.54, 1.807) is 25.3 Å². The molecule has 1 heterocycles. The fourth-order valence-electron chi connectivity index (χ4n) is 5.42. The number of nitrogens with one attached hydrogen (secondary N) is 1. The molecule has 2 atom stereocenters. The molecule has 4 rings (SSSR count). The van der Waals surface area contributed by atoms with Crippen molar-refractivity contribution in [3.63, 3.8) is 0 Å². The Hall–Kier alpha value is -3.54. The summed E-state index contributed by atoms with van der Waals surface area (Å²) in [5.41, 5.74) is 4.31. The number of hydrogen-bond acceptors (Lipinski definition) is 6. The number of rotatable bonds is 7. The summed E-state index contributed by atoms with van der Waals surface area (Å²) in [5.74, 6) is -0.259.